The smallest absolute Gasteiger partial charge is 0.417 e. The zero-order valence-electron chi connectivity index (χ0n) is 25.8. The molecule has 240 valence electrons. The molecule has 0 spiro atoms. The number of hydrogen-bond acceptors (Lipinski definition) is 7. The Labute approximate surface area is 259 Å². The van der Waals surface area contributed by atoms with Crippen LogP contribution in [0.4, 0.5) is 40.8 Å². The first-order valence-electron chi connectivity index (χ1n) is 14.4. The zero-order valence-corrected chi connectivity index (χ0v) is 25.8. The van der Waals surface area contributed by atoms with Crippen molar-refractivity contribution >= 4 is 40.8 Å². The lowest BCUT2D eigenvalue weighted by Gasteiger charge is -2.43. The van der Waals surface area contributed by atoms with E-state index in [4.69, 9.17) is 4.74 Å². The van der Waals surface area contributed by atoms with Crippen LogP contribution >= 0.6 is 0 Å². The molecule has 1 aliphatic heterocycles. The Balaban J connectivity index is 1.32. The van der Waals surface area contributed by atoms with Crippen LogP contribution in [0.25, 0.3) is 0 Å². The molecule has 3 aromatic rings. The Kier molecular flexibility index (Phi) is 9.71. The van der Waals surface area contributed by atoms with Gasteiger partial charge in [-0.1, -0.05) is 12.1 Å². The van der Waals surface area contributed by atoms with Gasteiger partial charge in [0.1, 0.15) is 11.4 Å². The molecular weight excluding hydrogens is 589 g/mol. The van der Waals surface area contributed by atoms with Crippen LogP contribution in [0, 0.1) is 0 Å². The van der Waals surface area contributed by atoms with Crippen molar-refractivity contribution < 1.29 is 32.3 Å². The minimum absolute atomic E-state index is 0.247. The molecule has 0 atom stereocenters. The third-order valence-corrected chi connectivity index (χ3v) is 7.24. The highest BCUT2D eigenvalue weighted by atomic mass is 19.4. The first-order chi connectivity index (χ1) is 21.0. The quantitative estimate of drug-likeness (QED) is 0.284. The van der Waals surface area contributed by atoms with E-state index in [1.807, 2.05) is 9.80 Å². The SMILES string of the molecule is CC(C)(C)OC(=O)Nc1ccccc1NC(=O)c1ccc(NC(=O)C(C)(C)N2CCN(c3ccc(C(F)(F)F)cn3)CC2)cc1. The molecule has 0 unspecified atom stereocenters. The van der Waals surface area contributed by atoms with Gasteiger partial charge in [-0.05, 0) is 83.1 Å². The molecule has 1 aliphatic rings. The summed E-state index contributed by atoms with van der Waals surface area (Å²) in [5.74, 6) is -0.202. The number of halogens is 3. The van der Waals surface area contributed by atoms with Crippen LogP contribution in [0.1, 0.15) is 50.5 Å². The molecule has 0 aliphatic carbocycles. The zero-order chi connectivity index (χ0) is 33.0. The van der Waals surface area contributed by atoms with Gasteiger partial charge in [-0.2, -0.15) is 13.2 Å². The first-order valence-corrected chi connectivity index (χ1v) is 14.4. The van der Waals surface area contributed by atoms with Crippen molar-refractivity contribution in [1.82, 2.24) is 9.88 Å². The van der Waals surface area contributed by atoms with Crippen molar-refractivity contribution in [2.75, 3.05) is 47.0 Å². The fourth-order valence-electron chi connectivity index (χ4n) is 4.68. The number of carbonyl (C=O) groups excluding carboxylic acids is 3. The number of aromatic nitrogens is 1. The number of hydrogen-bond donors (Lipinski definition) is 3. The van der Waals surface area contributed by atoms with Gasteiger partial charge in [0.2, 0.25) is 5.91 Å². The average Bonchev–Trinajstić information content (AvgIpc) is 2.97. The number of piperazine rings is 1. The standard InChI is InChI=1S/C32H37F3N6O4/c1-30(2,3)45-29(44)39-25-9-7-6-8-24(25)38-27(42)21-10-13-23(14-11-21)37-28(43)31(4,5)41-18-16-40(17-19-41)26-15-12-22(20-36-26)32(33,34)35/h6-15,20H,16-19H2,1-5H3,(H,37,43)(H,38,42)(H,39,44). The van der Waals surface area contributed by atoms with Crippen LogP contribution in [0.5, 0.6) is 0 Å². The maximum absolute atomic E-state index is 13.3. The van der Waals surface area contributed by atoms with Gasteiger partial charge in [0.25, 0.3) is 5.91 Å². The molecule has 45 heavy (non-hydrogen) atoms. The normalized spacial score (nSPS) is 14.4. The number of ether oxygens (including phenoxy) is 1. The molecule has 4 rings (SSSR count). The highest BCUT2D eigenvalue weighted by Gasteiger charge is 2.37. The second kappa shape index (κ2) is 13.1. The van der Waals surface area contributed by atoms with Gasteiger partial charge >= 0.3 is 12.3 Å². The number of amides is 3. The number of alkyl halides is 3. The minimum atomic E-state index is -4.44. The van der Waals surface area contributed by atoms with Gasteiger partial charge in [0, 0.05) is 43.6 Å². The van der Waals surface area contributed by atoms with Crippen molar-refractivity contribution in [1.29, 1.82) is 0 Å². The third kappa shape index (κ3) is 8.72. The van der Waals surface area contributed by atoms with Gasteiger partial charge in [0.05, 0.1) is 22.5 Å². The number of para-hydroxylation sites is 2. The number of benzene rings is 2. The predicted molar refractivity (Wildman–Crippen MR) is 166 cm³/mol. The van der Waals surface area contributed by atoms with Crippen molar-refractivity contribution in [2.24, 2.45) is 0 Å². The fourth-order valence-corrected chi connectivity index (χ4v) is 4.68. The molecule has 0 bridgehead atoms. The maximum atomic E-state index is 13.3. The van der Waals surface area contributed by atoms with Gasteiger partial charge in [-0.3, -0.25) is 19.8 Å². The van der Waals surface area contributed by atoms with Gasteiger partial charge in [-0.15, -0.1) is 0 Å². The van der Waals surface area contributed by atoms with E-state index >= 15 is 0 Å². The summed E-state index contributed by atoms with van der Waals surface area (Å²) in [6.07, 6.45) is -4.26. The number of carbonyl (C=O) groups is 3. The Morgan fingerprint density at radius 3 is 1.91 bits per heavy atom. The molecule has 0 saturated carbocycles. The van der Waals surface area contributed by atoms with Gasteiger partial charge < -0.3 is 20.3 Å². The summed E-state index contributed by atoms with van der Waals surface area (Å²) in [4.78, 5) is 46.3. The van der Waals surface area contributed by atoms with E-state index in [1.54, 1.807) is 83.1 Å². The van der Waals surface area contributed by atoms with E-state index in [9.17, 15) is 27.6 Å². The maximum Gasteiger partial charge on any atom is 0.417 e. The Morgan fingerprint density at radius 2 is 1.38 bits per heavy atom. The summed E-state index contributed by atoms with van der Waals surface area (Å²) in [6.45, 7) is 10.9. The van der Waals surface area contributed by atoms with Crippen LogP contribution in [0.3, 0.4) is 0 Å². The van der Waals surface area contributed by atoms with E-state index in [-0.39, 0.29) is 5.91 Å². The van der Waals surface area contributed by atoms with Crippen molar-refractivity contribution in [3.8, 4) is 0 Å². The Bertz CT molecular complexity index is 1510. The summed E-state index contributed by atoms with van der Waals surface area (Å²) in [7, 11) is 0. The Morgan fingerprint density at radius 1 is 0.778 bits per heavy atom. The molecule has 3 amide bonds. The van der Waals surface area contributed by atoms with Crippen LogP contribution in [0.2, 0.25) is 0 Å². The first kappa shape index (κ1) is 33.2. The Hall–Kier alpha value is -4.65. The topological polar surface area (TPSA) is 116 Å². The lowest BCUT2D eigenvalue weighted by molar-refractivity contribution is -0.137. The van der Waals surface area contributed by atoms with Crippen molar-refractivity contribution in [3.05, 3.63) is 78.0 Å². The molecule has 1 aromatic heterocycles. The number of anilines is 4. The monoisotopic (exact) mass is 626 g/mol. The third-order valence-electron chi connectivity index (χ3n) is 7.24. The summed E-state index contributed by atoms with van der Waals surface area (Å²) in [5, 5.41) is 8.33. The molecule has 3 N–H and O–H groups in total. The van der Waals surface area contributed by atoms with Crippen LogP contribution in [0.15, 0.2) is 66.9 Å². The van der Waals surface area contributed by atoms with E-state index in [0.717, 1.165) is 12.3 Å². The predicted octanol–water partition coefficient (Wildman–Crippen LogP) is 6.24. The minimum Gasteiger partial charge on any atom is -0.444 e. The molecular formula is C32H37F3N6O4. The summed E-state index contributed by atoms with van der Waals surface area (Å²) < 4.78 is 43.9. The highest BCUT2D eigenvalue weighted by molar-refractivity contribution is 6.07. The number of rotatable bonds is 7. The van der Waals surface area contributed by atoms with E-state index < -0.39 is 34.9 Å². The molecule has 1 fully saturated rings. The molecule has 1 saturated heterocycles. The van der Waals surface area contributed by atoms with Gasteiger partial charge in [0.15, 0.2) is 0 Å². The number of pyridine rings is 1. The van der Waals surface area contributed by atoms with Crippen LogP contribution in [-0.2, 0) is 15.7 Å². The molecule has 2 heterocycles. The van der Waals surface area contributed by atoms with Gasteiger partial charge in [-0.25, -0.2) is 9.78 Å². The largest absolute Gasteiger partial charge is 0.444 e. The summed E-state index contributed by atoms with van der Waals surface area (Å²) in [6, 6.07) is 15.5. The van der Waals surface area contributed by atoms with Crippen LogP contribution < -0.4 is 20.9 Å². The molecule has 0 radical (unpaired) electrons. The number of nitrogens with zero attached hydrogens (tertiary/aromatic N) is 3. The molecule has 13 heteroatoms. The fraction of sp³-hybridized carbons (Fsp3) is 0.375. The second-order valence-corrected chi connectivity index (χ2v) is 12.1. The summed E-state index contributed by atoms with van der Waals surface area (Å²) >= 11 is 0. The van der Waals surface area contributed by atoms with E-state index in [2.05, 4.69) is 20.9 Å². The highest BCUT2D eigenvalue weighted by Crippen LogP contribution is 2.30. The number of nitrogens with one attached hydrogen (secondary N) is 3. The van der Waals surface area contributed by atoms with Crippen molar-refractivity contribution in [3.63, 3.8) is 0 Å². The summed E-state index contributed by atoms with van der Waals surface area (Å²) in [5.41, 5.74) is -0.754. The van der Waals surface area contributed by atoms with Crippen molar-refractivity contribution in [2.45, 2.75) is 51.9 Å². The van der Waals surface area contributed by atoms with Crippen LogP contribution in [-0.4, -0.2) is 65.1 Å². The second-order valence-electron chi connectivity index (χ2n) is 12.1. The lowest BCUT2D eigenvalue weighted by atomic mass is 10.00. The molecule has 2 aromatic carbocycles. The van der Waals surface area contributed by atoms with E-state index in [0.29, 0.717) is 54.6 Å². The lowest BCUT2D eigenvalue weighted by Crippen LogP contribution is -2.59. The van der Waals surface area contributed by atoms with E-state index in [1.165, 1.54) is 6.07 Å². The molecule has 10 nitrogen and oxygen atoms in total. The average molecular weight is 627 g/mol.